The third kappa shape index (κ3) is 5.54. The van der Waals surface area contributed by atoms with Crippen LogP contribution in [0.2, 0.25) is 0 Å². The second kappa shape index (κ2) is 10.9. The average molecular weight is 433 g/mol. The first kappa shape index (κ1) is 22.0. The summed E-state index contributed by atoms with van der Waals surface area (Å²) < 4.78 is 5.90. The number of amides is 1. The Kier molecular flexibility index (Phi) is 7.27. The first-order chi connectivity index (χ1) is 16.3. The van der Waals surface area contributed by atoms with Crippen molar-refractivity contribution in [3.05, 3.63) is 131 Å². The van der Waals surface area contributed by atoms with Crippen LogP contribution in [0.25, 0.3) is 11.1 Å². The van der Waals surface area contributed by atoms with Gasteiger partial charge in [0.15, 0.2) is 0 Å². The van der Waals surface area contributed by atoms with E-state index in [0.717, 1.165) is 27.8 Å². The van der Waals surface area contributed by atoms with Crippen LogP contribution in [-0.4, -0.2) is 5.91 Å². The highest BCUT2D eigenvalue weighted by molar-refractivity contribution is 6.01. The summed E-state index contributed by atoms with van der Waals surface area (Å²) >= 11 is 0. The molecule has 0 bridgehead atoms. The van der Waals surface area contributed by atoms with Crippen molar-refractivity contribution in [3.63, 3.8) is 0 Å². The fourth-order valence-corrected chi connectivity index (χ4v) is 3.73. The van der Waals surface area contributed by atoms with Crippen LogP contribution in [0.4, 0.5) is 0 Å². The molecular formula is C29H24N2O2. The van der Waals surface area contributed by atoms with Crippen molar-refractivity contribution < 1.29 is 9.53 Å². The van der Waals surface area contributed by atoms with Gasteiger partial charge < -0.3 is 10.1 Å². The zero-order valence-electron chi connectivity index (χ0n) is 18.2. The van der Waals surface area contributed by atoms with E-state index in [9.17, 15) is 10.1 Å². The first-order valence-corrected chi connectivity index (χ1v) is 10.8. The van der Waals surface area contributed by atoms with E-state index in [1.54, 1.807) is 12.1 Å². The number of nitrogens with one attached hydrogen (secondary N) is 1. The number of hydrogen-bond donors (Lipinski definition) is 1. The molecule has 4 nitrogen and oxygen atoms in total. The Morgan fingerprint density at radius 2 is 1.36 bits per heavy atom. The Bertz CT molecular complexity index is 1280. The van der Waals surface area contributed by atoms with Gasteiger partial charge in [-0.25, -0.2) is 0 Å². The van der Waals surface area contributed by atoms with Crippen LogP contribution in [0.3, 0.4) is 0 Å². The number of ether oxygens (including phenoxy) is 1. The molecule has 0 aromatic heterocycles. The Labute approximate surface area is 194 Å². The Morgan fingerprint density at radius 1 is 0.727 bits per heavy atom. The quantitative estimate of drug-likeness (QED) is 0.379. The zero-order valence-corrected chi connectivity index (χ0v) is 18.2. The van der Waals surface area contributed by atoms with Crippen molar-refractivity contribution in [1.29, 1.82) is 5.26 Å². The Balaban J connectivity index is 1.46. The average Bonchev–Trinajstić information content (AvgIpc) is 2.88. The summed E-state index contributed by atoms with van der Waals surface area (Å²) in [5.74, 6) is -0.182. The molecule has 4 rings (SSSR count). The van der Waals surface area contributed by atoms with Gasteiger partial charge in [-0.3, -0.25) is 4.79 Å². The van der Waals surface area contributed by atoms with E-state index in [1.165, 1.54) is 0 Å². The Hall–Kier alpha value is -4.20. The largest absolute Gasteiger partial charge is 0.372 e. The number of nitriles is 1. The third-order valence-electron chi connectivity index (χ3n) is 5.44. The third-order valence-corrected chi connectivity index (χ3v) is 5.44. The first-order valence-electron chi connectivity index (χ1n) is 10.8. The highest BCUT2D eigenvalue weighted by Gasteiger charge is 2.15. The molecule has 0 aliphatic rings. The molecule has 4 aromatic rings. The molecule has 0 saturated carbocycles. The summed E-state index contributed by atoms with van der Waals surface area (Å²) in [6.07, 6.45) is 0. The van der Waals surface area contributed by atoms with Crippen LogP contribution in [0.1, 0.15) is 32.6 Å². The van der Waals surface area contributed by atoms with Gasteiger partial charge in [0.25, 0.3) is 5.91 Å². The van der Waals surface area contributed by atoms with Gasteiger partial charge in [0, 0.05) is 17.7 Å². The molecule has 33 heavy (non-hydrogen) atoms. The molecular weight excluding hydrogens is 408 g/mol. The summed E-state index contributed by atoms with van der Waals surface area (Å²) in [6.45, 7) is 1.39. The number of benzene rings is 4. The number of carbonyl (C=O) groups excluding carboxylic acids is 1. The Morgan fingerprint density at radius 3 is 2.15 bits per heavy atom. The van der Waals surface area contributed by atoms with Gasteiger partial charge in [0.1, 0.15) is 0 Å². The highest BCUT2D eigenvalue weighted by Crippen LogP contribution is 2.27. The molecule has 1 amide bonds. The molecule has 1 N–H and O–H groups in total. The minimum Gasteiger partial charge on any atom is -0.372 e. The molecule has 4 heteroatoms. The summed E-state index contributed by atoms with van der Waals surface area (Å²) in [6, 6.07) is 34.9. The molecule has 0 fully saturated rings. The molecule has 0 aliphatic heterocycles. The van der Waals surface area contributed by atoms with Crippen LogP contribution in [0, 0.1) is 11.3 Å². The molecule has 162 valence electrons. The zero-order chi connectivity index (χ0) is 22.9. The van der Waals surface area contributed by atoms with Gasteiger partial charge in [-0.05, 0) is 34.4 Å². The van der Waals surface area contributed by atoms with Crippen molar-refractivity contribution in [2.75, 3.05) is 0 Å². The van der Waals surface area contributed by atoms with Gasteiger partial charge in [0.2, 0.25) is 0 Å². The fourth-order valence-electron chi connectivity index (χ4n) is 3.73. The standard InChI is InChI=1S/C29H24N2O2/c30-18-23-12-6-7-15-26(23)27-16-8-9-17-28(27)29(32)31-19-24-13-4-5-14-25(24)21-33-20-22-10-2-1-3-11-22/h1-17H,19-21H2,(H,31,32). The van der Waals surface area contributed by atoms with Crippen LogP contribution >= 0.6 is 0 Å². The van der Waals surface area contributed by atoms with Crippen LogP contribution in [0.5, 0.6) is 0 Å². The maximum Gasteiger partial charge on any atom is 0.252 e. The van der Waals surface area contributed by atoms with E-state index in [2.05, 4.69) is 11.4 Å². The number of nitrogens with zero attached hydrogens (tertiary/aromatic N) is 1. The maximum atomic E-state index is 13.1. The van der Waals surface area contributed by atoms with Gasteiger partial charge in [-0.2, -0.15) is 5.26 Å². The van der Waals surface area contributed by atoms with E-state index < -0.39 is 0 Å². The normalized spacial score (nSPS) is 10.4. The molecule has 0 unspecified atom stereocenters. The van der Waals surface area contributed by atoms with Crippen molar-refractivity contribution in [1.82, 2.24) is 5.32 Å². The van der Waals surface area contributed by atoms with Crippen molar-refractivity contribution in [3.8, 4) is 17.2 Å². The predicted octanol–water partition coefficient (Wildman–Crippen LogP) is 5.87. The maximum absolute atomic E-state index is 13.1. The molecule has 0 aliphatic carbocycles. The van der Waals surface area contributed by atoms with E-state index in [4.69, 9.17) is 4.74 Å². The summed E-state index contributed by atoms with van der Waals surface area (Å²) in [5, 5.41) is 12.5. The lowest BCUT2D eigenvalue weighted by Gasteiger charge is -2.14. The van der Waals surface area contributed by atoms with Crippen molar-refractivity contribution >= 4 is 5.91 Å². The fraction of sp³-hybridized carbons (Fsp3) is 0.103. The molecule has 0 heterocycles. The van der Waals surface area contributed by atoms with Gasteiger partial charge in [0.05, 0.1) is 24.8 Å². The van der Waals surface area contributed by atoms with Crippen molar-refractivity contribution in [2.24, 2.45) is 0 Å². The lowest BCUT2D eigenvalue weighted by atomic mass is 9.95. The molecule has 0 saturated heterocycles. The lowest BCUT2D eigenvalue weighted by Crippen LogP contribution is -2.24. The van der Waals surface area contributed by atoms with Gasteiger partial charge in [-0.15, -0.1) is 0 Å². The minimum absolute atomic E-state index is 0.182. The van der Waals surface area contributed by atoms with Crippen molar-refractivity contribution in [2.45, 2.75) is 19.8 Å². The number of carbonyl (C=O) groups is 1. The van der Waals surface area contributed by atoms with Gasteiger partial charge >= 0.3 is 0 Å². The molecule has 0 radical (unpaired) electrons. The lowest BCUT2D eigenvalue weighted by molar-refractivity contribution is 0.0948. The second-order valence-electron chi connectivity index (χ2n) is 7.63. The summed E-state index contributed by atoms with van der Waals surface area (Å²) in [4.78, 5) is 13.1. The summed E-state index contributed by atoms with van der Waals surface area (Å²) in [5.41, 5.74) is 5.74. The highest BCUT2D eigenvalue weighted by atomic mass is 16.5. The topological polar surface area (TPSA) is 62.1 Å². The minimum atomic E-state index is -0.182. The summed E-state index contributed by atoms with van der Waals surface area (Å²) in [7, 11) is 0. The van der Waals surface area contributed by atoms with E-state index >= 15 is 0 Å². The van der Waals surface area contributed by atoms with Crippen LogP contribution in [-0.2, 0) is 24.5 Å². The van der Waals surface area contributed by atoms with E-state index in [-0.39, 0.29) is 5.91 Å². The second-order valence-corrected chi connectivity index (χ2v) is 7.63. The monoisotopic (exact) mass is 432 g/mol. The molecule has 0 atom stereocenters. The SMILES string of the molecule is N#Cc1ccccc1-c1ccccc1C(=O)NCc1ccccc1COCc1ccccc1. The molecule has 4 aromatic carbocycles. The molecule has 0 spiro atoms. The predicted molar refractivity (Wildman–Crippen MR) is 129 cm³/mol. The van der Waals surface area contributed by atoms with Crippen LogP contribution < -0.4 is 5.32 Å². The van der Waals surface area contributed by atoms with Gasteiger partial charge in [-0.1, -0.05) is 91.0 Å². The van der Waals surface area contributed by atoms with Crippen LogP contribution in [0.15, 0.2) is 103 Å². The van der Waals surface area contributed by atoms with E-state index in [0.29, 0.717) is 30.9 Å². The van der Waals surface area contributed by atoms with E-state index in [1.807, 2.05) is 91.0 Å². The number of hydrogen-bond acceptors (Lipinski definition) is 3. The smallest absolute Gasteiger partial charge is 0.252 e. The number of rotatable bonds is 8.